The molecule has 0 spiro atoms. The summed E-state index contributed by atoms with van der Waals surface area (Å²) in [6.45, 7) is 1.56. The second kappa shape index (κ2) is 6.03. The number of hydrogen-bond acceptors (Lipinski definition) is 3. The maximum absolute atomic E-state index is 10.1. The van der Waals surface area contributed by atoms with Crippen molar-refractivity contribution in [2.75, 3.05) is 13.2 Å². The van der Waals surface area contributed by atoms with E-state index in [2.05, 4.69) is 45.2 Å². The van der Waals surface area contributed by atoms with Crippen molar-refractivity contribution in [3.8, 4) is 5.75 Å². The van der Waals surface area contributed by atoms with Crippen LogP contribution >= 0.6 is 45.2 Å². The largest absolute Gasteiger partial charge is 0.506 e. The monoisotopic (exact) mass is 459 g/mol. The Hall–Kier alpha value is 0.400. The fourth-order valence-corrected chi connectivity index (χ4v) is 4.06. The summed E-state index contributed by atoms with van der Waals surface area (Å²) in [7, 11) is 0. The molecular weight excluding hydrogens is 444 g/mol. The van der Waals surface area contributed by atoms with Crippen molar-refractivity contribution in [1.29, 1.82) is 0 Å². The van der Waals surface area contributed by atoms with Gasteiger partial charge in [0.1, 0.15) is 5.75 Å². The molecule has 0 aromatic heterocycles. The Morgan fingerprint density at radius 2 is 1.94 bits per heavy atom. The third kappa shape index (κ3) is 3.24. The van der Waals surface area contributed by atoms with E-state index in [0.29, 0.717) is 11.7 Å². The van der Waals surface area contributed by atoms with E-state index in [1.54, 1.807) is 0 Å². The second-order valence-corrected chi connectivity index (χ2v) is 6.71. The van der Waals surface area contributed by atoms with Gasteiger partial charge in [0.05, 0.1) is 3.57 Å². The Morgan fingerprint density at radius 3 is 2.59 bits per heavy atom. The fraction of sp³-hybridized carbons (Fsp3) is 0.500. The first-order valence-electron chi connectivity index (χ1n) is 5.61. The second-order valence-electron chi connectivity index (χ2n) is 4.30. The van der Waals surface area contributed by atoms with Gasteiger partial charge in [0.15, 0.2) is 0 Å². The third-order valence-corrected chi connectivity index (χ3v) is 4.64. The fourth-order valence-electron chi connectivity index (χ4n) is 2.17. The first-order chi connectivity index (χ1) is 8.09. The molecule has 0 amide bonds. The van der Waals surface area contributed by atoms with Crippen LogP contribution < -0.4 is 5.73 Å². The van der Waals surface area contributed by atoms with E-state index in [9.17, 15) is 5.11 Å². The van der Waals surface area contributed by atoms with E-state index in [-0.39, 0.29) is 6.04 Å². The van der Waals surface area contributed by atoms with Crippen LogP contribution in [0.4, 0.5) is 0 Å². The number of benzene rings is 1. The van der Waals surface area contributed by atoms with Crippen LogP contribution in [0.2, 0.25) is 0 Å². The predicted molar refractivity (Wildman–Crippen MR) is 84.0 cm³/mol. The molecule has 3 N–H and O–H groups in total. The minimum absolute atomic E-state index is 0.0952. The van der Waals surface area contributed by atoms with Crippen LogP contribution in [-0.4, -0.2) is 18.3 Å². The Balaban J connectivity index is 2.26. The van der Waals surface area contributed by atoms with Gasteiger partial charge < -0.3 is 15.6 Å². The molecule has 94 valence electrons. The lowest BCUT2D eigenvalue weighted by Crippen LogP contribution is -2.27. The zero-order chi connectivity index (χ0) is 12.4. The molecule has 1 heterocycles. The summed E-state index contributed by atoms with van der Waals surface area (Å²) < 4.78 is 7.32. The van der Waals surface area contributed by atoms with Crippen molar-refractivity contribution in [3.05, 3.63) is 24.8 Å². The highest BCUT2D eigenvalue weighted by Gasteiger charge is 2.25. The van der Waals surface area contributed by atoms with Gasteiger partial charge in [0.2, 0.25) is 0 Å². The summed E-state index contributed by atoms with van der Waals surface area (Å²) in [5.41, 5.74) is 7.15. The van der Waals surface area contributed by atoms with Crippen molar-refractivity contribution in [1.82, 2.24) is 0 Å². The molecule has 1 aliphatic heterocycles. The molecule has 0 aliphatic carbocycles. The van der Waals surface area contributed by atoms with E-state index >= 15 is 0 Å². The molecule has 1 atom stereocenters. The van der Waals surface area contributed by atoms with E-state index in [0.717, 1.165) is 38.8 Å². The predicted octanol–water partition coefficient (Wildman–Crippen LogP) is 3.03. The molecule has 1 aliphatic rings. The van der Waals surface area contributed by atoms with Crippen LogP contribution in [0, 0.1) is 13.1 Å². The van der Waals surface area contributed by atoms with Gasteiger partial charge in [-0.05, 0) is 76.1 Å². The Labute approximate surface area is 128 Å². The van der Waals surface area contributed by atoms with Crippen LogP contribution in [0.15, 0.2) is 12.1 Å². The lowest BCUT2D eigenvalue weighted by Gasteiger charge is -2.28. The van der Waals surface area contributed by atoms with Crippen LogP contribution in [0.25, 0.3) is 0 Å². The number of phenols is 1. The quantitative estimate of drug-likeness (QED) is 0.670. The first-order valence-corrected chi connectivity index (χ1v) is 7.76. The normalized spacial score (nSPS) is 19.2. The van der Waals surface area contributed by atoms with Gasteiger partial charge in [-0.25, -0.2) is 0 Å². The van der Waals surface area contributed by atoms with Gasteiger partial charge in [-0.1, -0.05) is 0 Å². The Morgan fingerprint density at radius 1 is 1.29 bits per heavy atom. The molecule has 0 saturated carbocycles. The smallest absolute Gasteiger partial charge is 0.133 e. The SMILES string of the molecule is N[C@H](c1cc(I)cc(I)c1O)C1CCOCC1. The summed E-state index contributed by atoms with van der Waals surface area (Å²) in [4.78, 5) is 0. The van der Waals surface area contributed by atoms with E-state index in [1.807, 2.05) is 12.1 Å². The maximum Gasteiger partial charge on any atom is 0.133 e. The number of phenolic OH excluding ortho intramolecular Hbond substituents is 1. The first kappa shape index (κ1) is 13.8. The zero-order valence-electron chi connectivity index (χ0n) is 9.33. The highest BCUT2D eigenvalue weighted by Crippen LogP contribution is 2.36. The summed E-state index contributed by atoms with van der Waals surface area (Å²) >= 11 is 4.40. The molecule has 17 heavy (non-hydrogen) atoms. The summed E-state index contributed by atoms with van der Waals surface area (Å²) in [5.74, 6) is 0.744. The molecule has 2 rings (SSSR count). The molecule has 1 aromatic rings. The lowest BCUT2D eigenvalue weighted by atomic mass is 9.87. The summed E-state index contributed by atoms with van der Waals surface area (Å²) in [6.07, 6.45) is 1.95. The molecule has 0 radical (unpaired) electrons. The molecule has 5 heteroatoms. The van der Waals surface area contributed by atoms with Gasteiger partial charge in [0.25, 0.3) is 0 Å². The molecular formula is C12H15I2NO2. The van der Waals surface area contributed by atoms with Crippen molar-refractivity contribution in [2.45, 2.75) is 18.9 Å². The van der Waals surface area contributed by atoms with Gasteiger partial charge in [-0.15, -0.1) is 0 Å². The Bertz CT molecular complexity index is 406. The number of halogens is 2. The Kier molecular flexibility index (Phi) is 4.90. The van der Waals surface area contributed by atoms with Gasteiger partial charge in [0, 0.05) is 28.4 Å². The maximum atomic E-state index is 10.1. The molecule has 0 bridgehead atoms. The molecule has 1 saturated heterocycles. The van der Waals surface area contributed by atoms with Crippen LogP contribution in [-0.2, 0) is 4.74 Å². The standard InChI is InChI=1S/C12H15I2NO2/c13-8-5-9(12(16)10(14)6-8)11(15)7-1-3-17-4-2-7/h5-7,11,16H,1-4,15H2/t11-/m0/s1. The number of hydrogen-bond donors (Lipinski definition) is 2. The third-order valence-electron chi connectivity index (χ3n) is 3.19. The lowest BCUT2D eigenvalue weighted by molar-refractivity contribution is 0.0581. The summed E-state index contributed by atoms with van der Waals surface area (Å²) in [5, 5.41) is 10.1. The number of rotatable bonds is 2. The van der Waals surface area contributed by atoms with Gasteiger partial charge in [-0.3, -0.25) is 0 Å². The topological polar surface area (TPSA) is 55.5 Å². The molecule has 3 nitrogen and oxygen atoms in total. The average molecular weight is 459 g/mol. The van der Waals surface area contributed by atoms with Crippen molar-refractivity contribution < 1.29 is 9.84 Å². The highest BCUT2D eigenvalue weighted by molar-refractivity contribution is 14.1. The van der Waals surface area contributed by atoms with Gasteiger partial charge >= 0.3 is 0 Å². The summed E-state index contributed by atoms with van der Waals surface area (Å²) in [6, 6.07) is 3.84. The van der Waals surface area contributed by atoms with Crippen molar-refractivity contribution in [3.63, 3.8) is 0 Å². The zero-order valence-corrected chi connectivity index (χ0v) is 13.6. The highest BCUT2D eigenvalue weighted by atomic mass is 127. The minimum atomic E-state index is -0.0952. The van der Waals surface area contributed by atoms with Gasteiger partial charge in [-0.2, -0.15) is 0 Å². The van der Waals surface area contributed by atoms with Crippen LogP contribution in [0.3, 0.4) is 0 Å². The van der Waals surface area contributed by atoms with E-state index < -0.39 is 0 Å². The van der Waals surface area contributed by atoms with Crippen molar-refractivity contribution >= 4 is 45.2 Å². The molecule has 1 aromatic carbocycles. The van der Waals surface area contributed by atoms with Crippen LogP contribution in [0.5, 0.6) is 5.75 Å². The number of nitrogens with two attached hydrogens (primary N) is 1. The van der Waals surface area contributed by atoms with Crippen LogP contribution in [0.1, 0.15) is 24.4 Å². The minimum Gasteiger partial charge on any atom is -0.506 e. The molecule has 1 fully saturated rings. The van der Waals surface area contributed by atoms with E-state index in [4.69, 9.17) is 10.5 Å². The average Bonchev–Trinajstić information content (AvgIpc) is 2.34. The number of aromatic hydroxyl groups is 1. The molecule has 0 unspecified atom stereocenters. The van der Waals surface area contributed by atoms with Crippen molar-refractivity contribution in [2.24, 2.45) is 11.7 Å². The number of ether oxygens (including phenoxy) is 1. The van der Waals surface area contributed by atoms with E-state index in [1.165, 1.54) is 0 Å².